The van der Waals surface area contributed by atoms with Crippen molar-refractivity contribution in [3.8, 4) is 5.88 Å². The maximum absolute atomic E-state index is 13.0. The molecule has 3 aromatic rings. The second-order valence-electron chi connectivity index (χ2n) is 8.30. The number of carbonyl (C=O) groups excluding carboxylic acids is 2. The van der Waals surface area contributed by atoms with E-state index in [0.717, 1.165) is 11.5 Å². The summed E-state index contributed by atoms with van der Waals surface area (Å²) in [6.07, 6.45) is 0.107. The summed E-state index contributed by atoms with van der Waals surface area (Å²) in [6.45, 7) is 4.47. The molecule has 4 rings (SSSR count). The lowest BCUT2D eigenvalue weighted by Crippen LogP contribution is -2.40. The number of alkyl halides is 3. The van der Waals surface area contributed by atoms with Gasteiger partial charge >= 0.3 is 6.18 Å². The fourth-order valence-corrected chi connectivity index (χ4v) is 4.68. The molecule has 0 aromatic carbocycles. The Morgan fingerprint density at radius 1 is 1.19 bits per heavy atom. The predicted octanol–water partition coefficient (Wildman–Crippen LogP) is 3.89. The number of aryl methyl sites for hydroxylation is 1. The molecule has 1 aliphatic heterocycles. The van der Waals surface area contributed by atoms with Crippen LogP contribution >= 0.6 is 11.5 Å². The topological polar surface area (TPSA) is 110 Å². The Morgan fingerprint density at radius 3 is 2.58 bits per heavy atom. The third kappa shape index (κ3) is 6.14. The quantitative estimate of drug-likeness (QED) is 0.525. The van der Waals surface area contributed by atoms with Crippen molar-refractivity contribution >= 4 is 29.0 Å². The predicted molar refractivity (Wildman–Crippen MR) is 125 cm³/mol. The van der Waals surface area contributed by atoms with Crippen molar-refractivity contribution in [2.45, 2.75) is 45.4 Å². The van der Waals surface area contributed by atoms with Gasteiger partial charge in [0.05, 0.1) is 35.0 Å². The molecule has 0 atom stereocenters. The number of hydrogen-bond acceptors (Lipinski definition) is 8. The van der Waals surface area contributed by atoms with Gasteiger partial charge in [-0.2, -0.15) is 17.5 Å². The molecule has 36 heavy (non-hydrogen) atoms. The van der Waals surface area contributed by atoms with E-state index < -0.39 is 17.8 Å². The van der Waals surface area contributed by atoms with Gasteiger partial charge in [0.1, 0.15) is 6.10 Å². The first-order valence-electron chi connectivity index (χ1n) is 11.1. The molecule has 0 bridgehead atoms. The highest BCUT2D eigenvalue weighted by Gasteiger charge is 2.33. The lowest BCUT2D eigenvalue weighted by Gasteiger charge is -2.31. The van der Waals surface area contributed by atoms with Gasteiger partial charge in [-0.1, -0.05) is 0 Å². The van der Waals surface area contributed by atoms with Crippen molar-refractivity contribution < 1.29 is 27.5 Å². The van der Waals surface area contributed by atoms with Gasteiger partial charge in [-0.25, -0.2) is 9.97 Å². The van der Waals surface area contributed by atoms with E-state index in [-0.39, 0.29) is 29.7 Å². The number of carbonyl (C=O) groups is 2. The Kier molecular flexibility index (Phi) is 7.48. The van der Waals surface area contributed by atoms with Gasteiger partial charge in [0.15, 0.2) is 5.69 Å². The molecule has 1 N–H and O–H groups in total. The molecule has 0 spiro atoms. The molecule has 1 fully saturated rings. The molecular formula is C23H23F3N6O3S. The largest absolute Gasteiger partial charge is 0.474 e. The first kappa shape index (κ1) is 25.5. The van der Waals surface area contributed by atoms with Crippen molar-refractivity contribution in [2.24, 2.45) is 0 Å². The monoisotopic (exact) mass is 520 g/mol. The molecule has 0 saturated carbocycles. The van der Waals surface area contributed by atoms with E-state index in [1.54, 1.807) is 30.9 Å². The lowest BCUT2D eigenvalue weighted by atomic mass is 10.1. The minimum Gasteiger partial charge on any atom is -0.474 e. The number of piperidine rings is 1. The lowest BCUT2D eigenvalue weighted by molar-refractivity contribution is -0.141. The minimum absolute atomic E-state index is 0.0152. The van der Waals surface area contributed by atoms with E-state index in [1.807, 2.05) is 0 Å². The molecule has 190 valence electrons. The number of anilines is 1. The zero-order valence-electron chi connectivity index (χ0n) is 19.5. The Morgan fingerprint density at radius 2 is 1.94 bits per heavy atom. The molecule has 1 aliphatic rings. The number of amides is 2. The summed E-state index contributed by atoms with van der Waals surface area (Å²) in [4.78, 5) is 38.2. The van der Waals surface area contributed by atoms with Crippen LogP contribution in [-0.2, 0) is 17.4 Å². The van der Waals surface area contributed by atoms with Gasteiger partial charge in [-0.15, -0.1) is 0 Å². The van der Waals surface area contributed by atoms with Crippen LogP contribution in [0.1, 0.15) is 52.1 Å². The number of likely N-dealkylation sites (tertiary alicyclic amines) is 1. The van der Waals surface area contributed by atoms with Crippen LogP contribution in [0.3, 0.4) is 0 Å². The summed E-state index contributed by atoms with van der Waals surface area (Å²) in [6, 6.07) is 3.29. The van der Waals surface area contributed by atoms with Crippen molar-refractivity contribution in [1.29, 1.82) is 0 Å². The molecule has 2 amide bonds. The van der Waals surface area contributed by atoms with Crippen LogP contribution < -0.4 is 10.1 Å². The number of nitrogens with zero attached hydrogens (tertiary/aromatic N) is 5. The molecule has 0 unspecified atom stereocenters. The van der Waals surface area contributed by atoms with E-state index >= 15 is 0 Å². The summed E-state index contributed by atoms with van der Waals surface area (Å²) < 4.78 is 49.0. The second-order valence-corrected chi connectivity index (χ2v) is 9.16. The van der Waals surface area contributed by atoms with Crippen molar-refractivity contribution in [3.63, 3.8) is 0 Å². The van der Waals surface area contributed by atoms with Gasteiger partial charge < -0.3 is 15.0 Å². The van der Waals surface area contributed by atoms with Crippen LogP contribution in [0.4, 0.5) is 18.9 Å². The zero-order valence-corrected chi connectivity index (χ0v) is 20.3. The molecule has 1 saturated heterocycles. The van der Waals surface area contributed by atoms with Crippen molar-refractivity contribution in [3.05, 3.63) is 58.2 Å². The summed E-state index contributed by atoms with van der Waals surface area (Å²) in [7, 11) is 0. The third-order valence-corrected chi connectivity index (χ3v) is 6.58. The molecular weight excluding hydrogens is 497 g/mol. The van der Waals surface area contributed by atoms with Crippen LogP contribution in [0, 0.1) is 6.92 Å². The Bertz CT molecular complexity index is 1240. The average molecular weight is 521 g/mol. The first-order valence-corrected chi connectivity index (χ1v) is 11.9. The molecule has 4 heterocycles. The highest BCUT2D eigenvalue weighted by Crippen LogP contribution is 2.28. The summed E-state index contributed by atoms with van der Waals surface area (Å²) in [5, 5.41) is 2.75. The number of hydrogen-bond donors (Lipinski definition) is 1. The number of ether oxygens (including phenoxy) is 1. The van der Waals surface area contributed by atoms with E-state index in [9.17, 15) is 22.8 Å². The van der Waals surface area contributed by atoms with Gasteiger partial charge in [-0.3, -0.25) is 14.6 Å². The smallest absolute Gasteiger partial charge is 0.434 e. The zero-order chi connectivity index (χ0) is 25.9. The van der Waals surface area contributed by atoms with Gasteiger partial charge in [0.25, 0.3) is 5.91 Å². The van der Waals surface area contributed by atoms with Gasteiger partial charge in [0.2, 0.25) is 11.8 Å². The molecule has 0 radical (unpaired) electrons. The normalized spacial score (nSPS) is 14.5. The minimum atomic E-state index is -4.61. The molecule has 0 aliphatic carbocycles. The average Bonchev–Trinajstić information content (AvgIpc) is 3.20. The molecule has 3 aromatic heterocycles. The van der Waals surface area contributed by atoms with Crippen LogP contribution in [0.2, 0.25) is 0 Å². The maximum atomic E-state index is 13.0. The van der Waals surface area contributed by atoms with Crippen LogP contribution in [0.25, 0.3) is 0 Å². The standard InChI is InChI=1S/C23H23F3N6O3S/c1-13-21(18(36-31-13)9-16-10-27-12-19(29-16)23(24,25)26)22(34)30-15-3-4-20(28-11-15)35-17-5-7-32(8-6-17)14(2)33/h3-4,10-12,17H,5-9H2,1-2H3,(H,30,34). The van der Waals surface area contributed by atoms with Crippen molar-refractivity contribution in [1.82, 2.24) is 24.2 Å². The molecule has 9 nitrogen and oxygen atoms in total. The van der Waals surface area contributed by atoms with E-state index in [1.165, 1.54) is 12.4 Å². The fraction of sp³-hybridized carbons (Fsp3) is 0.391. The van der Waals surface area contributed by atoms with Crippen LogP contribution in [0.15, 0.2) is 30.7 Å². The van der Waals surface area contributed by atoms with Crippen molar-refractivity contribution in [2.75, 3.05) is 18.4 Å². The van der Waals surface area contributed by atoms with E-state index in [2.05, 4.69) is 24.6 Å². The van der Waals surface area contributed by atoms with E-state index in [0.29, 0.717) is 54.3 Å². The Labute approximate surface area is 208 Å². The summed E-state index contributed by atoms with van der Waals surface area (Å²) in [5.74, 6) is 0.00312. The second kappa shape index (κ2) is 10.6. The Hall–Kier alpha value is -3.61. The number of halogens is 3. The molecule has 13 heteroatoms. The van der Waals surface area contributed by atoms with Crippen LogP contribution in [-0.4, -0.2) is 55.2 Å². The number of nitrogens with one attached hydrogen (secondary N) is 1. The fourth-order valence-electron chi connectivity index (χ4n) is 3.80. The summed E-state index contributed by atoms with van der Waals surface area (Å²) in [5.41, 5.74) is 0.146. The number of pyridine rings is 1. The summed E-state index contributed by atoms with van der Waals surface area (Å²) >= 11 is 1.03. The Balaban J connectivity index is 1.39. The maximum Gasteiger partial charge on any atom is 0.434 e. The van der Waals surface area contributed by atoms with Gasteiger partial charge in [-0.05, 0) is 24.5 Å². The van der Waals surface area contributed by atoms with Crippen LogP contribution in [0.5, 0.6) is 5.88 Å². The SMILES string of the molecule is CC(=O)N1CCC(Oc2ccc(NC(=O)c3c(C)nsc3Cc3cncc(C(F)(F)F)n3)cn2)CC1. The highest BCUT2D eigenvalue weighted by atomic mass is 32.1. The first-order chi connectivity index (χ1) is 17.1. The third-order valence-electron chi connectivity index (χ3n) is 5.65. The van der Waals surface area contributed by atoms with Gasteiger partial charge in [0, 0.05) is 56.4 Å². The number of rotatable bonds is 6. The van der Waals surface area contributed by atoms with E-state index in [4.69, 9.17) is 4.74 Å². The highest BCUT2D eigenvalue weighted by molar-refractivity contribution is 7.06. The number of aromatic nitrogens is 4.